The highest BCUT2D eigenvalue weighted by Crippen LogP contribution is 2.70. The topological polar surface area (TPSA) is 40.5 Å². The molecule has 2 bridgehead atoms. The van der Waals surface area contributed by atoms with Crippen LogP contribution in [0.25, 0.3) is 0 Å². The van der Waals surface area contributed by atoms with Crippen LogP contribution in [0, 0.1) is 35.5 Å². The normalized spacial score (nSPS) is 72.5. The van der Waals surface area contributed by atoms with Gasteiger partial charge in [0.1, 0.15) is 0 Å². The fraction of sp³-hybridized carbons (Fsp3) is 1.00. The van der Waals surface area contributed by atoms with Crippen molar-refractivity contribution in [3.05, 3.63) is 0 Å². The Kier molecular flexibility index (Phi) is 1.09. The molecule has 4 saturated carbocycles. The second kappa shape index (κ2) is 1.96. The molecule has 72 valence electrons. The largest absolute Gasteiger partial charge is 0.393 e. The zero-order valence-corrected chi connectivity index (χ0v) is 7.63. The molecular weight excluding hydrogens is 164 g/mol. The van der Waals surface area contributed by atoms with Crippen molar-refractivity contribution < 1.29 is 10.2 Å². The summed E-state index contributed by atoms with van der Waals surface area (Å²) in [6.07, 6.45) is 3.24. The van der Waals surface area contributed by atoms with Gasteiger partial charge in [0.25, 0.3) is 0 Å². The van der Waals surface area contributed by atoms with Gasteiger partial charge in [-0.3, -0.25) is 0 Å². The monoisotopic (exact) mass is 180 g/mol. The molecule has 0 aromatic heterocycles. The van der Waals surface area contributed by atoms with E-state index in [1.807, 2.05) is 0 Å². The molecule has 4 fully saturated rings. The molecule has 0 saturated heterocycles. The summed E-state index contributed by atoms with van der Waals surface area (Å²) in [6.45, 7) is 0. The highest BCUT2D eigenvalue weighted by Gasteiger charge is 2.68. The van der Waals surface area contributed by atoms with Gasteiger partial charge in [-0.1, -0.05) is 0 Å². The van der Waals surface area contributed by atoms with Crippen LogP contribution < -0.4 is 0 Å². The maximum atomic E-state index is 9.93. The summed E-state index contributed by atoms with van der Waals surface area (Å²) in [5, 5.41) is 19.9. The van der Waals surface area contributed by atoms with E-state index in [-0.39, 0.29) is 12.2 Å². The third-order valence-corrected chi connectivity index (χ3v) is 5.54. The predicted molar refractivity (Wildman–Crippen MR) is 46.8 cm³/mol. The molecule has 13 heavy (non-hydrogen) atoms. The fourth-order valence-electron chi connectivity index (χ4n) is 5.41. The molecule has 0 amide bonds. The van der Waals surface area contributed by atoms with Crippen molar-refractivity contribution in [3.8, 4) is 0 Å². The van der Waals surface area contributed by atoms with Crippen LogP contribution in [0.2, 0.25) is 0 Å². The molecule has 0 spiro atoms. The molecule has 2 nitrogen and oxygen atoms in total. The number of aliphatic hydroxyl groups excluding tert-OH is 2. The highest BCUT2D eigenvalue weighted by molar-refractivity contribution is 5.17. The van der Waals surface area contributed by atoms with Crippen molar-refractivity contribution in [2.75, 3.05) is 0 Å². The minimum Gasteiger partial charge on any atom is -0.393 e. The number of fused-ring (bicyclic) bond motifs is 2. The third-order valence-electron chi connectivity index (χ3n) is 5.54. The first-order valence-electron chi connectivity index (χ1n) is 5.63. The molecule has 0 aromatic rings. The van der Waals surface area contributed by atoms with Gasteiger partial charge in [0.2, 0.25) is 0 Å². The molecule has 4 rings (SSSR count). The summed E-state index contributed by atoms with van der Waals surface area (Å²) in [7, 11) is 0. The second-order valence-electron chi connectivity index (χ2n) is 5.65. The first kappa shape index (κ1) is 7.24. The van der Waals surface area contributed by atoms with E-state index in [1.54, 1.807) is 0 Å². The number of aliphatic hydroxyl groups is 2. The average molecular weight is 180 g/mol. The molecule has 0 aromatic carbocycles. The summed E-state index contributed by atoms with van der Waals surface area (Å²) >= 11 is 0. The van der Waals surface area contributed by atoms with Crippen molar-refractivity contribution in [1.29, 1.82) is 0 Å². The maximum absolute atomic E-state index is 9.93. The predicted octanol–water partition coefficient (Wildman–Crippen LogP) is 0.630. The molecule has 0 unspecified atom stereocenters. The molecule has 2 heteroatoms. The molecule has 0 heterocycles. The Morgan fingerprint density at radius 3 is 1.54 bits per heavy atom. The Balaban J connectivity index is 1.86. The summed E-state index contributed by atoms with van der Waals surface area (Å²) in [4.78, 5) is 0. The third kappa shape index (κ3) is 0.608. The summed E-state index contributed by atoms with van der Waals surface area (Å²) in [6, 6.07) is 0. The van der Waals surface area contributed by atoms with Crippen LogP contribution in [0.3, 0.4) is 0 Å². The quantitative estimate of drug-likeness (QED) is 0.574. The second-order valence-corrected chi connectivity index (χ2v) is 5.65. The van der Waals surface area contributed by atoms with Gasteiger partial charge in [0.05, 0.1) is 12.2 Å². The van der Waals surface area contributed by atoms with Crippen LogP contribution in [0.5, 0.6) is 0 Å². The molecule has 2 N–H and O–H groups in total. The standard InChI is InChI=1S/C11H16O2/c12-8-2-4-5-3-9(13)11-7(5)1-6(4)10(8)11/h4-13H,1-3H2/t4-,5-,6-,7+,8+,9-,10-,11-/m0/s1. The van der Waals surface area contributed by atoms with E-state index in [0.717, 1.165) is 36.5 Å². The minimum absolute atomic E-state index is 0.0788. The van der Waals surface area contributed by atoms with Crippen LogP contribution in [0.4, 0.5) is 0 Å². The van der Waals surface area contributed by atoms with E-state index in [0.29, 0.717) is 11.8 Å². The van der Waals surface area contributed by atoms with E-state index in [1.165, 1.54) is 6.42 Å². The number of hydrogen-bond acceptors (Lipinski definition) is 2. The number of rotatable bonds is 0. The van der Waals surface area contributed by atoms with E-state index in [9.17, 15) is 10.2 Å². The SMILES string of the molecule is O[C@@H]1C[C@H]2[C@@H]3C[C@H](O)[C@@H]4[C@@H]3C[C@@H]2[C@H]41. The van der Waals surface area contributed by atoms with Crippen molar-refractivity contribution in [3.63, 3.8) is 0 Å². The lowest BCUT2D eigenvalue weighted by Gasteiger charge is -2.27. The van der Waals surface area contributed by atoms with E-state index in [4.69, 9.17) is 0 Å². The van der Waals surface area contributed by atoms with Gasteiger partial charge in [0, 0.05) is 0 Å². The molecule has 4 aliphatic carbocycles. The van der Waals surface area contributed by atoms with Crippen LogP contribution in [0.1, 0.15) is 19.3 Å². The molecule has 0 radical (unpaired) electrons. The minimum atomic E-state index is -0.0788. The average Bonchev–Trinajstić information content (AvgIpc) is 2.67. The van der Waals surface area contributed by atoms with Crippen molar-refractivity contribution >= 4 is 0 Å². The van der Waals surface area contributed by atoms with Crippen LogP contribution in [-0.4, -0.2) is 22.4 Å². The Hall–Kier alpha value is -0.0800. The number of hydrogen-bond donors (Lipinski definition) is 2. The smallest absolute Gasteiger partial charge is 0.0577 e. The van der Waals surface area contributed by atoms with Crippen molar-refractivity contribution in [1.82, 2.24) is 0 Å². The van der Waals surface area contributed by atoms with Gasteiger partial charge >= 0.3 is 0 Å². The Bertz CT molecular complexity index is 235. The molecule has 8 atom stereocenters. The van der Waals surface area contributed by atoms with E-state index in [2.05, 4.69) is 0 Å². The van der Waals surface area contributed by atoms with Crippen LogP contribution >= 0.6 is 0 Å². The lowest BCUT2D eigenvalue weighted by atomic mass is 9.79. The zero-order valence-electron chi connectivity index (χ0n) is 7.63. The van der Waals surface area contributed by atoms with Crippen molar-refractivity contribution in [2.24, 2.45) is 35.5 Å². The lowest BCUT2D eigenvalue weighted by molar-refractivity contribution is 0.0365. The van der Waals surface area contributed by atoms with Crippen LogP contribution in [0.15, 0.2) is 0 Å². The summed E-state index contributed by atoms with van der Waals surface area (Å²) in [5.74, 6) is 4.07. The van der Waals surface area contributed by atoms with Crippen LogP contribution in [-0.2, 0) is 0 Å². The van der Waals surface area contributed by atoms with Gasteiger partial charge in [-0.25, -0.2) is 0 Å². The lowest BCUT2D eigenvalue weighted by Crippen LogP contribution is -2.30. The van der Waals surface area contributed by atoms with E-state index < -0.39 is 0 Å². The maximum Gasteiger partial charge on any atom is 0.0577 e. The molecule has 4 aliphatic rings. The van der Waals surface area contributed by atoms with Gasteiger partial charge in [-0.15, -0.1) is 0 Å². The molecular formula is C11H16O2. The Morgan fingerprint density at radius 1 is 0.615 bits per heavy atom. The van der Waals surface area contributed by atoms with Gasteiger partial charge < -0.3 is 10.2 Å². The first-order valence-corrected chi connectivity index (χ1v) is 5.63. The van der Waals surface area contributed by atoms with Crippen molar-refractivity contribution in [2.45, 2.75) is 31.5 Å². The van der Waals surface area contributed by atoms with Gasteiger partial charge in [0.15, 0.2) is 0 Å². The zero-order chi connectivity index (χ0) is 8.74. The summed E-state index contributed by atoms with van der Waals surface area (Å²) in [5.41, 5.74) is 0. The first-order chi connectivity index (χ1) is 6.27. The molecule has 0 aliphatic heterocycles. The van der Waals surface area contributed by atoms with E-state index >= 15 is 0 Å². The van der Waals surface area contributed by atoms with Gasteiger partial charge in [-0.05, 0) is 54.8 Å². The van der Waals surface area contributed by atoms with Gasteiger partial charge in [-0.2, -0.15) is 0 Å². The highest BCUT2D eigenvalue weighted by atomic mass is 16.3. The summed E-state index contributed by atoms with van der Waals surface area (Å²) < 4.78 is 0. The fourth-order valence-corrected chi connectivity index (χ4v) is 5.41. The Morgan fingerprint density at radius 2 is 1.08 bits per heavy atom. The Labute approximate surface area is 78.0 Å².